The van der Waals surface area contributed by atoms with Gasteiger partial charge in [0, 0.05) is 24.1 Å². The van der Waals surface area contributed by atoms with Crippen LogP contribution in [-0.2, 0) is 4.74 Å². The molecule has 0 saturated carbocycles. The molecule has 0 spiro atoms. The summed E-state index contributed by atoms with van der Waals surface area (Å²) in [6, 6.07) is 8.63. The van der Waals surface area contributed by atoms with Crippen LogP contribution >= 0.6 is 0 Å². The maximum atomic E-state index is 5.72. The van der Waals surface area contributed by atoms with Crippen molar-refractivity contribution in [3.63, 3.8) is 0 Å². The molecule has 1 aliphatic rings. The van der Waals surface area contributed by atoms with Gasteiger partial charge in [-0.2, -0.15) is 0 Å². The Morgan fingerprint density at radius 1 is 1.41 bits per heavy atom. The van der Waals surface area contributed by atoms with E-state index in [4.69, 9.17) is 9.47 Å². The Labute approximate surface area is 103 Å². The number of hydrogen-bond acceptors (Lipinski definition) is 3. The summed E-state index contributed by atoms with van der Waals surface area (Å²) in [5, 5.41) is 3.50. The summed E-state index contributed by atoms with van der Waals surface area (Å²) < 4.78 is 11.3. The fraction of sp³-hybridized carbons (Fsp3) is 0.571. The van der Waals surface area contributed by atoms with Gasteiger partial charge in [-0.05, 0) is 19.5 Å². The lowest BCUT2D eigenvalue weighted by molar-refractivity contribution is 0.110. The molecule has 1 aliphatic heterocycles. The molecule has 1 N–H and O–H groups in total. The molecule has 0 radical (unpaired) electrons. The summed E-state index contributed by atoms with van der Waals surface area (Å²) in [6.07, 6.45) is 0. The van der Waals surface area contributed by atoms with Crippen LogP contribution in [0.3, 0.4) is 0 Å². The molecule has 0 saturated heterocycles. The number of hydrogen-bond donors (Lipinski definition) is 1. The molecule has 2 rings (SSSR count). The number of benzene rings is 1. The lowest BCUT2D eigenvalue weighted by Crippen LogP contribution is -2.39. The van der Waals surface area contributed by atoms with Crippen LogP contribution in [0.1, 0.15) is 25.3 Å². The highest BCUT2D eigenvalue weighted by Gasteiger charge is 2.30. The van der Waals surface area contributed by atoms with E-state index in [2.05, 4.69) is 24.4 Å². The number of likely N-dealkylation sites (N-methyl/N-ethyl adjacent to an activating group) is 1. The van der Waals surface area contributed by atoms with Gasteiger partial charge in [0.05, 0.1) is 13.2 Å². The molecule has 1 aromatic rings. The van der Waals surface area contributed by atoms with Gasteiger partial charge in [-0.1, -0.05) is 25.1 Å². The van der Waals surface area contributed by atoms with Crippen LogP contribution < -0.4 is 10.1 Å². The number of nitrogens with one attached hydrogen (secondary N) is 1. The first-order valence-electron chi connectivity index (χ1n) is 6.39. The molecule has 0 bridgehead atoms. The van der Waals surface area contributed by atoms with Crippen LogP contribution in [0.15, 0.2) is 24.3 Å². The lowest BCUT2D eigenvalue weighted by atomic mass is 9.94. The largest absolute Gasteiger partial charge is 0.493 e. The normalized spacial score (nSPS) is 19.8. The lowest BCUT2D eigenvalue weighted by Gasteiger charge is -2.23. The minimum atomic E-state index is 0.337. The fourth-order valence-corrected chi connectivity index (χ4v) is 2.34. The van der Waals surface area contributed by atoms with Gasteiger partial charge in [0.25, 0.3) is 0 Å². The van der Waals surface area contributed by atoms with Gasteiger partial charge in [-0.3, -0.25) is 0 Å². The third kappa shape index (κ3) is 2.79. The Hall–Kier alpha value is -1.06. The molecule has 0 aromatic heterocycles. The standard InChI is InChI=1S/C14H21NO2/c1-3-15-13(10-16-4-2)12-9-17-14-8-6-5-7-11(12)14/h5-8,12-13,15H,3-4,9-10H2,1-2H3. The molecule has 94 valence electrons. The fourth-order valence-electron chi connectivity index (χ4n) is 2.34. The van der Waals surface area contributed by atoms with Crippen LogP contribution in [0.4, 0.5) is 0 Å². The molecule has 2 unspecified atom stereocenters. The first-order valence-corrected chi connectivity index (χ1v) is 6.39. The number of fused-ring (bicyclic) bond motifs is 1. The second-order valence-electron chi connectivity index (χ2n) is 4.28. The van der Waals surface area contributed by atoms with Crippen LogP contribution in [0.2, 0.25) is 0 Å². The van der Waals surface area contributed by atoms with Gasteiger partial charge >= 0.3 is 0 Å². The Balaban J connectivity index is 2.09. The highest BCUT2D eigenvalue weighted by Crippen LogP contribution is 2.35. The van der Waals surface area contributed by atoms with E-state index in [0.29, 0.717) is 12.0 Å². The molecule has 2 atom stereocenters. The highest BCUT2D eigenvalue weighted by molar-refractivity contribution is 5.40. The smallest absolute Gasteiger partial charge is 0.122 e. The Morgan fingerprint density at radius 2 is 2.24 bits per heavy atom. The van der Waals surface area contributed by atoms with Crippen molar-refractivity contribution in [3.05, 3.63) is 29.8 Å². The van der Waals surface area contributed by atoms with Gasteiger partial charge in [-0.15, -0.1) is 0 Å². The molecule has 0 amide bonds. The summed E-state index contributed by atoms with van der Waals surface area (Å²) in [5.41, 5.74) is 1.30. The van der Waals surface area contributed by atoms with E-state index in [9.17, 15) is 0 Å². The zero-order valence-corrected chi connectivity index (χ0v) is 10.6. The molecular weight excluding hydrogens is 214 g/mol. The monoisotopic (exact) mass is 235 g/mol. The minimum Gasteiger partial charge on any atom is -0.493 e. The SMILES string of the molecule is CCNC(COCC)C1COc2ccccc21. The van der Waals surface area contributed by atoms with Crippen LogP contribution in [0.5, 0.6) is 5.75 Å². The van der Waals surface area contributed by atoms with Gasteiger partial charge < -0.3 is 14.8 Å². The summed E-state index contributed by atoms with van der Waals surface area (Å²) in [6.45, 7) is 7.37. The zero-order chi connectivity index (χ0) is 12.1. The number of ether oxygens (including phenoxy) is 2. The second-order valence-corrected chi connectivity index (χ2v) is 4.28. The van der Waals surface area contributed by atoms with Gasteiger partial charge in [0.2, 0.25) is 0 Å². The van der Waals surface area contributed by atoms with Gasteiger partial charge in [0.1, 0.15) is 5.75 Å². The molecule has 3 nitrogen and oxygen atoms in total. The van der Waals surface area contributed by atoms with E-state index >= 15 is 0 Å². The van der Waals surface area contributed by atoms with Crippen molar-refractivity contribution in [2.75, 3.05) is 26.4 Å². The topological polar surface area (TPSA) is 30.5 Å². The van der Waals surface area contributed by atoms with Crippen LogP contribution in [-0.4, -0.2) is 32.4 Å². The number of rotatable bonds is 6. The quantitative estimate of drug-likeness (QED) is 0.819. The van der Waals surface area contributed by atoms with Crippen molar-refractivity contribution in [1.82, 2.24) is 5.32 Å². The van der Waals surface area contributed by atoms with E-state index in [1.165, 1.54) is 5.56 Å². The number of para-hydroxylation sites is 1. The molecule has 1 heterocycles. The predicted molar refractivity (Wildman–Crippen MR) is 68.6 cm³/mol. The van der Waals surface area contributed by atoms with Crippen molar-refractivity contribution in [2.24, 2.45) is 0 Å². The van der Waals surface area contributed by atoms with E-state index in [1.807, 2.05) is 19.1 Å². The average molecular weight is 235 g/mol. The van der Waals surface area contributed by atoms with E-state index in [0.717, 1.165) is 32.1 Å². The van der Waals surface area contributed by atoms with Crippen molar-refractivity contribution >= 4 is 0 Å². The van der Waals surface area contributed by atoms with Gasteiger partial charge in [0.15, 0.2) is 0 Å². The third-order valence-electron chi connectivity index (χ3n) is 3.19. The molecular formula is C14H21NO2. The van der Waals surface area contributed by atoms with E-state index in [-0.39, 0.29) is 0 Å². The summed E-state index contributed by atoms with van der Waals surface area (Å²) in [5.74, 6) is 1.43. The maximum absolute atomic E-state index is 5.72. The van der Waals surface area contributed by atoms with Crippen molar-refractivity contribution in [1.29, 1.82) is 0 Å². The summed E-state index contributed by atoms with van der Waals surface area (Å²) >= 11 is 0. The highest BCUT2D eigenvalue weighted by atomic mass is 16.5. The Morgan fingerprint density at radius 3 is 3.00 bits per heavy atom. The Kier molecular flexibility index (Phi) is 4.40. The van der Waals surface area contributed by atoms with Crippen molar-refractivity contribution in [2.45, 2.75) is 25.8 Å². The molecule has 3 heteroatoms. The third-order valence-corrected chi connectivity index (χ3v) is 3.19. The zero-order valence-electron chi connectivity index (χ0n) is 10.6. The summed E-state index contributed by atoms with van der Waals surface area (Å²) in [7, 11) is 0. The van der Waals surface area contributed by atoms with Crippen molar-refractivity contribution < 1.29 is 9.47 Å². The predicted octanol–water partition coefficient (Wildman–Crippen LogP) is 2.18. The minimum absolute atomic E-state index is 0.337. The first kappa shape index (κ1) is 12.4. The van der Waals surface area contributed by atoms with E-state index < -0.39 is 0 Å². The van der Waals surface area contributed by atoms with Crippen LogP contribution in [0, 0.1) is 0 Å². The molecule has 0 aliphatic carbocycles. The maximum Gasteiger partial charge on any atom is 0.122 e. The van der Waals surface area contributed by atoms with Gasteiger partial charge in [-0.25, -0.2) is 0 Å². The second kappa shape index (κ2) is 6.03. The average Bonchev–Trinajstić information content (AvgIpc) is 2.78. The van der Waals surface area contributed by atoms with E-state index in [1.54, 1.807) is 0 Å². The summed E-state index contributed by atoms with van der Waals surface area (Å²) in [4.78, 5) is 0. The molecule has 0 fully saturated rings. The molecule has 1 aromatic carbocycles. The first-order chi connectivity index (χ1) is 8.36. The molecule has 17 heavy (non-hydrogen) atoms. The van der Waals surface area contributed by atoms with Crippen molar-refractivity contribution in [3.8, 4) is 5.75 Å². The van der Waals surface area contributed by atoms with Crippen LogP contribution in [0.25, 0.3) is 0 Å². The Bertz CT molecular complexity index is 354.